The van der Waals surface area contributed by atoms with E-state index >= 15 is 0 Å². The summed E-state index contributed by atoms with van der Waals surface area (Å²) in [5.74, 6) is 0.803. The molecule has 2 aromatic rings. The minimum absolute atomic E-state index is 0. The van der Waals surface area contributed by atoms with Gasteiger partial charge < -0.3 is 10.6 Å². The highest BCUT2D eigenvalue weighted by Gasteiger charge is 2.20. The smallest absolute Gasteiger partial charge is 0.191 e. The van der Waals surface area contributed by atoms with Gasteiger partial charge in [0.2, 0.25) is 0 Å². The first-order valence-corrected chi connectivity index (χ1v) is 8.24. The molecule has 126 valence electrons. The van der Waals surface area contributed by atoms with E-state index in [-0.39, 0.29) is 29.4 Å². The van der Waals surface area contributed by atoms with E-state index in [9.17, 15) is 0 Å². The van der Waals surface area contributed by atoms with Gasteiger partial charge in [-0.1, -0.05) is 44.2 Å². The molecule has 0 aliphatic rings. The standard InChI is InChI=1S/C17H24N4S.HI/c1-13-10-19-15(22-13)11-20-16(18-4)21-12-17(2,3)14-8-6-5-7-9-14;/h5-10H,11-12H2,1-4H3,(H2,18,20,21);1H. The normalized spacial score (nSPS) is 11.7. The number of nitrogens with one attached hydrogen (secondary N) is 2. The van der Waals surface area contributed by atoms with Gasteiger partial charge in [0.05, 0.1) is 6.54 Å². The Hall–Kier alpha value is -1.15. The predicted molar refractivity (Wildman–Crippen MR) is 110 cm³/mol. The quantitative estimate of drug-likeness (QED) is 0.420. The molecule has 1 heterocycles. The first-order valence-electron chi connectivity index (χ1n) is 7.42. The molecule has 0 radical (unpaired) electrons. The zero-order valence-corrected chi connectivity index (χ0v) is 17.2. The van der Waals surface area contributed by atoms with Crippen molar-refractivity contribution in [1.29, 1.82) is 0 Å². The van der Waals surface area contributed by atoms with E-state index in [0.29, 0.717) is 6.54 Å². The number of aromatic nitrogens is 1. The van der Waals surface area contributed by atoms with E-state index < -0.39 is 0 Å². The van der Waals surface area contributed by atoms with Crippen LogP contribution in [0.4, 0.5) is 0 Å². The van der Waals surface area contributed by atoms with Crippen LogP contribution in [0, 0.1) is 6.92 Å². The maximum Gasteiger partial charge on any atom is 0.191 e. The average molecular weight is 444 g/mol. The molecule has 4 nitrogen and oxygen atoms in total. The van der Waals surface area contributed by atoms with Crippen LogP contribution in [0.3, 0.4) is 0 Å². The Balaban J connectivity index is 0.00000264. The zero-order valence-electron chi connectivity index (χ0n) is 14.1. The van der Waals surface area contributed by atoms with Crippen molar-refractivity contribution in [2.24, 2.45) is 4.99 Å². The number of aryl methyl sites for hydroxylation is 1. The summed E-state index contributed by atoms with van der Waals surface area (Å²) in [5, 5.41) is 7.78. The molecule has 0 spiro atoms. The molecule has 0 bridgehead atoms. The molecule has 23 heavy (non-hydrogen) atoms. The van der Waals surface area contributed by atoms with Crippen molar-refractivity contribution < 1.29 is 0 Å². The highest BCUT2D eigenvalue weighted by molar-refractivity contribution is 14.0. The second-order valence-electron chi connectivity index (χ2n) is 5.89. The highest BCUT2D eigenvalue weighted by Crippen LogP contribution is 2.21. The lowest BCUT2D eigenvalue weighted by Gasteiger charge is -2.26. The van der Waals surface area contributed by atoms with Crippen LogP contribution < -0.4 is 10.6 Å². The van der Waals surface area contributed by atoms with E-state index in [1.54, 1.807) is 18.4 Å². The largest absolute Gasteiger partial charge is 0.356 e. The Labute approximate surface area is 159 Å². The molecule has 0 fully saturated rings. The van der Waals surface area contributed by atoms with E-state index in [4.69, 9.17) is 0 Å². The van der Waals surface area contributed by atoms with Crippen LogP contribution in [0.25, 0.3) is 0 Å². The fraction of sp³-hybridized carbons (Fsp3) is 0.412. The summed E-state index contributed by atoms with van der Waals surface area (Å²) in [6.07, 6.45) is 1.90. The van der Waals surface area contributed by atoms with Crippen LogP contribution >= 0.6 is 35.3 Å². The van der Waals surface area contributed by atoms with E-state index in [0.717, 1.165) is 17.5 Å². The Morgan fingerprint density at radius 2 is 1.91 bits per heavy atom. The molecule has 0 aliphatic heterocycles. The fourth-order valence-electron chi connectivity index (χ4n) is 2.16. The van der Waals surface area contributed by atoms with Crippen molar-refractivity contribution in [1.82, 2.24) is 15.6 Å². The Bertz CT molecular complexity index is 623. The van der Waals surface area contributed by atoms with Crippen LogP contribution in [0.15, 0.2) is 41.5 Å². The molecule has 0 saturated carbocycles. The van der Waals surface area contributed by atoms with Gasteiger partial charge in [-0.3, -0.25) is 4.99 Å². The summed E-state index contributed by atoms with van der Waals surface area (Å²) in [7, 11) is 1.79. The average Bonchev–Trinajstić information content (AvgIpc) is 2.94. The van der Waals surface area contributed by atoms with Gasteiger partial charge >= 0.3 is 0 Å². The number of hydrogen-bond acceptors (Lipinski definition) is 3. The number of guanidine groups is 1. The number of nitrogens with zero attached hydrogens (tertiary/aromatic N) is 2. The van der Waals surface area contributed by atoms with Crippen molar-refractivity contribution in [3.05, 3.63) is 52.0 Å². The van der Waals surface area contributed by atoms with E-state index in [1.165, 1.54) is 10.4 Å². The second kappa shape index (κ2) is 9.22. The summed E-state index contributed by atoms with van der Waals surface area (Å²) in [6, 6.07) is 10.5. The lowest BCUT2D eigenvalue weighted by Crippen LogP contribution is -2.43. The van der Waals surface area contributed by atoms with Crippen LogP contribution in [-0.4, -0.2) is 24.5 Å². The van der Waals surface area contributed by atoms with Crippen molar-refractivity contribution in [2.45, 2.75) is 32.7 Å². The number of thiazole rings is 1. The number of rotatable bonds is 5. The van der Waals surface area contributed by atoms with Crippen molar-refractivity contribution in [2.75, 3.05) is 13.6 Å². The van der Waals surface area contributed by atoms with Crippen LogP contribution in [-0.2, 0) is 12.0 Å². The predicted octanol–water partition coefficient (Wildman–Crippen LogP) is 3.71. The molecule has 0 aliphatic carbocycles. The van der Waals surface area contributed by atoms with E-state index in [2.05, 4.69) is 65.6 Å². The summed E-state index contributed by atoms with van der Waals surface area (Å²) in [6.45, 7) is 8.04. The molecule has 6 heteroatoms. The SMILES string of the molecule is CN=C(NCc1ncc(C)s1)NCC(C)(C)c1ccccc1.I. The van der Waals surface area contributed by atoms with Gasteiger partial charge in [0.25, 0.3) is 0 Å². The van der Waals surface area contributed by atoms with Gasteiger partial charge in [-0.25, -0.2) is 4.98 Å². The maximum absolute atomic E-state index is 4.35. The lowest BCUT2D eigenvalue weighted by atomic mass is 9.85. The van der Waals surface area contributed by atoms with Gasteiger partial charge in [-0.2, -0.15) is 0 Å². The Kier molecular flexibility index (Phi) is 7.98. The Morgan fingerprint density at radius 3 is 2.48 bits per heavy atom. The molecule has 1 aromatic heterocycles. The third-order valence-corrected chi connectivity index (χ3v) is 4.47. The van der Waals surface area contributed by atoms with Crippen molar-refractivity contribution in [3.8, 4) is 0 Å². The Morgan fingerprint density at radius 1 is 1.22 bits per heavy atom. The first-order chi connectivity index (χ1) is 10.5. The molecular formula is C17H25IN4S. The number of benzene rings is 1. The number of hydrogen-bond donors (Lipinski definition) is 2. The van der Waals surface area contributed by atoms with Gasteiger partial charge in [-0.15, -0.1) is 35.3 Å². The van der Waals surface area contributed by atoms with Gasteiger partial charge in [0.1, 0.15) is 5.01 Å². The first kappa shape index (κ1) is 19.9. The van der Waals surface area contributed by atoms with Crippen molar-refractivity contribution in [3.63, 3.8) is 0 Å². The molecule has 0 amide bonds. The van der Waals surface area contributed by atoms with Crippen LogP contribution in [0.1, 0.15) is 29.3 Å². The molecule has 2 rings (SSSR count). The summed E-state index contributed by atoms with van der Waals surface area (Å²) in [4.78, 5) is 9.86. The van der Waals surface area contributed by atoms with Crippen LogP contribution in [0.5, 0.6) is 0 Å². The molecule has 0 saturated heterocycles. The lowest BCUT2D eigenvalue weighted by molar-refractivity contribution is 0.508. The topological polar surface area (TPSA) is 49.3 Å². The minimum atomic E-state index is 0. The summed E-state index contributed by atoms with van der Waals surface area (Å²) in [5.41, 5.74) is 1.35. The van der Waals surface area contributed by atoms with Crippen LogP contribution in [0.2, 0.25) is 0 Å². The molecule has 2 N–H and O–H groups in total. The maximum atomic E-state index is 4.35. The second-order valence-corrected chi connectivity index (χ2v) is 7.21. The number of aliphatic imine (C=N–C) groups is 1. The summed E-state index contributed by atoms with van der Waals surface area (Å²) >= 11 is 1.70. The summed E-state index contributed by atoms with van der Waals surface area (Å²) < 4.78 is 0. The highest BCUT2D eigenvalue weighted by atomic mass is 127. The number of halogens is 1. The molecule has 0 unspecified atom stereocenters. The molecule has 0 atom stereocenters. The molecule has 1 aromatic carbocycles. The third-order valence-electron chi connectivity index (χ3n) is 3.55. The monoisotopic (exact) mass is 444 g/mol. The van der Waals surface area contributed by atoms with E-state index in [1.807, 2.05) is 12.3 Å². The molecular weight excluding hydrogens is 419 g/mol. The fourth-order valence-corrected chi connectivity index (χ4v) is 2.89. The van der Waals surface area contributed by atoms with Gasteiger partial charge in [0, 0.05) is 30.1 Å². The van der Waals surface area contributed by atoms with Gasteiger partial charge in [-0.05, 0) is 12.5 Å². The zero-order chi connectivity index (χ0) is 16.0. The minimum Gasteiger partial charge on any atom is -0.356 e. The van der Waals surface area contributed by atoms with Crippen molar-refractivity contribution >= 4 is 41.3 Å². The third kappa shape index (κ3) is 6.10. The van der Waals surface area contributed by atoms with Gasteiger partial charge in [0.15, 0.2) is 5.96 Å².